The zero-order valence-electron chi connectivity index (χ0n) is 11.7. The van der Waals surface area contributed by atoms with Gasteiger partial charge in [-0.1, -0.05) is 25.9 Å². The molecule has 0 radical (unpaired) electrons. The van der Waals surface area contributed by atoms with Crippen LogP contribution in [0, 0.1) is 11.8 Å². The van der Waals surface area contributed by atoms with Crippen LogP contribution >= 0.6 is 0 Å². The average molecular weight is 255 g/mol. The Kier molecular flexibility index (Phi) is 5.95. The van der Waals surface area contributed by atoms with E-state index in [9.17, 15) is 4.79 Å². The predicted octanol–water partition coefficient (Wildman–Crippen LogP) is 1.58. The number of piperidine rings is 1. The molecule has 5 heteroatoms. The SMILES string of the molecule is CC(C)CC(N)=NOCC(=O)N1CCC(C)CC1. The molecule has 0 aromatic rings. The van der Waals surface area contributed by atoms with Crippen LogP contribution in [-0.4, -0.2) is 36.3 Å². The van der Waals surface area contributed by atoms with Gasteiger partial charge in [-0.15, -0.1) is 0 Å². The van der Waals surface area contributed by atoms with Gasteiger partial charge in [0, 0.05) is 19.5 Å². The molecular weight excluding hydrogens is 230 g/mol. The second-order valence-electron chi connectivity index (χ2n) is 5.52. The molecule has 1 rings (SSSR count). The van der Waals surface area contributed by atoms with Crippen LogP contribution in [0.3, 0.4) is 0 Å². The van der Waals surface area contributed by atoms with Crippen LogP contribution in [0.5, 0.6) is 0 Å². The van der Waals surface area contributed by atoms with Crippen LogP contribution < -0.4 is 5.73 Å². The Balaban J connectivity index is 2.24. The van der Waals surface area contributed by atoms with Crippen LogP contribution in [0.15, 0.2) is 5.16 Å². The van der Waals surface area contributed by atoms with Crippen molar-refractivity contribution in [2.24, 2.45) is 22.7 Å². The molecule has 1 saturated heterocycles. The van der Waals surface area contributed by atoms with Crippen molar-refractivity contribution < 1.29 is 9.63 Å². The molecule has 0 saturated carbocycles. The van der Waals surface area contributed by atoms with Crippen molar-refractivity contribution in [3.8, 4) is 0 Å². The Morgan fingerprint density at radius 2 is 2.06 bits per heavy atom. The van der Waals surface area contributed by atoms with Gasteiger partial charge in [-0.05, 0) is 24.7 Å². The van der Waals surface area contributed by atoms with E-state index < -0.39 is 0 Å². The molecular formula is C13H25N3O2. The number of rotatable bonds is 5. The van der Waals surface area contributed by atoms with E-state index in [0.717, 1.165) is 31.8 Å². The van der Waals surface area contributed by atoms with Crippen molar-refractivity contribution in [2.45, 2.75) is 40.0 Å². The van der Waals surface area contributed by atoms with Gasteiger partial charge < -0.3 is 15.5 Å². The number of oxime groups is 1. The van der Waals surface area contributed by atoms with Crippen molar-refractivity contribution in [1.82, 2.24) is 4.90 Å². The first-order chi connectivity index (χ1) is 8.49. The van der Waals surface area contributed by atoms with Gasteiger partial charge in [-0.2, -0.15) is 0 Å². The van der Waals surface area contributed by atoms with E-state index in [-0.39, 0.29) is 12.5 Å². The molecule has 1 aliphatic heterocycles. The lowest BCUT2D eigenvalue weighted by molar-refractivity contribution is -0.137. The average Bonchev–Trinajstić information content (AvgIpc) is 2.28. The fourth-order valence-corrected chi connectivity index (χ4v) is 1.98. The Hall–Kier alpha value is -1.26. The molecule has 0 bridgehead atoms. The van der Waals surface area contributed by atoms with Crippen LogP contribution in [0.25, 0.3) is 0 Å². The van der Waals surface area contributed by atoms with Gasteiger partial charge in [0.05, 0.1) is 0 Å². The fourth-order valence-electron chi connectivity index (χ4n) is 1.98. The van der Waals surface area contributed by atoms with E-state index in [4.69, 9.17) is 10.6 Å². The van der Waals surface area contributed by atoms with E-state index in [2.05, 4.69) is 25.9 Å². The zero-order valence-corrected chi connectivity index (χ0v) is 11.7. The van der Waals surface area contributed by atoms with E-state index in [0.29, 0.717) is 18.2 Å². The van der Waals surface area contributed by atoms with Gasteiger partial charge in [-0.25, -0.2) is 0 Å². The molecule has 1 heterocycles. The van der Waals surface area contributed by atoms with E-state index in [1.54, 1.807) is 0 Å². The number of likely N-dealkylation sites (tertiary alicyclic amines) is 1. The monoisotopic (exact) mass is 255 g/mol. The van der Waals surface area contributed by atoms with Crippen LogP contribution in [0.2, 0.25) is 0 Å². The number of nitrogens with two attached hydrogens (primary N) is 1. The normalized spacial score (nSPS) is 18.2. The molecule has 0 aliphatic carbocycles. The van der Waals surface area contributed by atoms with Gasteiger partial charge in [0.1, 0.15) is 5.84 Å². The third kappa shape index (κ3) is 5.38. The summed E-state index contributed by atoms with van der Waals surface area (Å²) in [7, 11) is 0. The molecule has 0 aromatic carbocycles. The highest BCUT2D eigenvalue weighted by Crippen LogP contribution is 2.15. The Morgan fingerprint density at radius 1 is 1.44 bits per heavy atom. The van der Waals surface area contributed by atoms with Crippen molar-refractivity contribution in [1.29, 1.82) is 0 Å². The highest BCUT2D eigenvalue weighted by Gasteiger charge is 2.20. The maximum absolute atomic E-state index is 11.8. The smallest absolute Gasteiger partial charge is 0.263 e. The van der Waals surface area contributed by atoms with Gasteiger partial charge in [-0.3, -0.25) is 4.79 Å². The molecule has 0 aromatic heterocycles. The van der Waals surface area contributed by atoms with Crippen LogP contribution in [0.4, 0.5) is 0 Å². The number of carbonyl (C=O) groups is 1. The molecule has 0 unspecified atom stereocenters. The number of amides is 1. The standard InChI is InChI=1S/C13H25N3O2/c1-10(2)8-12(14)15-18-9-13(17)16-6-4-11(3)5-7-16/h10-11H,4-9H2,1-3H3,(H2,14,15). The van der Waals surface area contributed by atoms with Crippen LogP contribution in [-0.2, 0) is 9.63 Å². The van der Waals surface area contributed by atoms with E-state index in [1.165, 1.54) is 0 Å². The first kappa shape index (κ1) is 14.8. The summed E-state index contributed by atoms with van der Waals surface area (Å²) >= 11 is 0. The number of amidine groups is 1. The third-order valence-electron chi connectivity index (χ3n) is 3.12. The summed E-state index contributed by atoms with van der Waals surface area (Å²) in [5, 5.41) is 3.76. The molecule has 1 amide bonds. The second kappa shape index (κ2) is 7.24. The van der Waals surface area contributed by atoms with Crippen molar-refractivity contribution >= 4 is 11.7 Å². The van der Waals surface area contributed by atoms with Crippen LogP contribution in [0.1, 0.15) is 40.0 Å². The Bertz CT molecular complexity index is 295. The molecule has 104 valence electrons. The second-order valence-corrected chi connectivity index (χ2v) is 5.52. The maximum Gasteiger partial charge on any atom is 0.263 e. The lowest BCUT2D eigenvalue weighted by atomic mass is 9.99. The van der Waals surface area contributed by atoms with E-state index >= 15 is 0 Å². The Morgan fingerprint density at radius 3 is 2.61 bits per heavy atom. The minimum absolute atomic E-state index is 0.00277. The minimum atomic E-state index is -0.00677. The summed E-state index contributed by atoms with van der Waals surface area (Å²) in [6.45, 7) is 7.98. The maximum atomic E-state index is 11.8. The molecule has 1 aliphatic rings. The van der Waals surface area contributed by atoms with Crippen molar-refractivity contribution in [2.75, 3.05) is 19.7 Å². The summed E-state index contributed by atoms with van der Waals surface area (Å²) in [5.41, 5.74) is 5.66. The van der Waals surface area contributed by atoms with Crippen molar-refractivity contribution in [3.63, 3.8) is 0 Å². The molecule has 0 atom stereocenters. The number of carbonyl (C=O) groups excluding carboxylic acids is 1. The third-order valence-corrected chi connectivity index (χ3v) is 3.12. The molecule has 0 spiro atoms. The first-order valence-electron chi connectivity index (χ1n) is 6.71. The molecule has 18 heavy (non-hydrogen) atoms. The summed E-state index contributed by atoms with van der Waals surface area (Å²) in [5.74, 6) is 1.61. The van der Waals surface area contributed by atoms with Gasteiger partial charge >= 0.3 is 0 Å². The number of hydrogen-bond acceptors (Lipinski definition) is 3. The topological polar surface area (TPSA) is 67.9 Å². The van der Waals surface area contributed by atoms with E-state index in [1.807, 2.05) is 4.90 Å². The largest absolute Gasteiger partial charge is 0.384 e. The number of hydrogen-bond donors (Lipinski definition) is 1. The summed E-state index contributed by atoms with van der Waals surface area (Å²) < 4.78 is 0. The van der Waals surface area contributed by atoms with Gasteiger partial charge in [0.15, 0.2) is 6.61 Å². The zero-order chi connectivity index (χ0) is 13.5. The predicted molar refractivity (Wildman–Crippen MR) is 72.0 cm³/mol. The number of nitrogens with zero attached hydrogens (tertiary/aromatic N) is 2. The quantitative estimate of drug-likeness (QED) is 0.461. The lowest BCUT2D eigenvalue weighted by Crippen LogP contribution is -2.39. The highest BCUT2D eigenvalue weighted by molar-refractivity contribution is 5.80. The van der Waals surface area contributed by atoms with Gasteiger partial charge in [0.25, 0.3) is 5.91 Å². The minimum Gasteiger partial charge on any atom is -0.384 e. The lowest BCUT2D eigenvalue weighted by Gasteiger charge is -2.29. The van der Waals surface area contributed by atoms with Gasteiger partial charge in [0.2, 0.25) is 0 Å². The fraction of sp³-hybridized carbons (Fsp3) is 0.846. The molecule has 5 nitrogen and oxygen atoms in total. The first-order valence-corrected chi connectivity index (χ1v) is 6.71. The summed E-state index contributed by atoms with van der Waals surface area (Å²) in [6, 6.07) is 0. The summed E-state index contributed by atoms with van der Waals surface area (Å²) in [6.07, 6.45) is 2.84. The molecule has 1 fully saturated rings. The Labute approximate surface area is 109 Å². The van der Waals surface area contributed by atoms with Crippen molar-refractivity contribution in [3.05, 3.63) is 0 Å². The molecule has 2 N–H and O–H groups in total. The highest BCUT2D eigenvalue weighted by atomic mass is 16.6. The summed E-state index contributed by atoms with van der Waals surface area (Å²) in [4.78, 5) is 18.7.